The van der Waals surface area contributed by atoms with Crippen LogP contribution >= 0.6 is 11.6 Å². The molecule has 1 aromatic rings. The van der Waals surface area contributed by atoms with Gasteiger partial charge < -0.3 is 0 Å². The summed E-state index contributed by atoms with van der Waals surface area (Å²) in [5.74, 6) is -1.27. The molecule has 0 saturated carbocycles. The summed E-state index contributed by atoms with van der Waals surface area (Å²) in [6.07, 6.45) is 0.262. The number of carbonyl (C=O) groups excluding carboxylic acids is 1. The number of carbonyl (C=O) groups is 1. The maximum absolute atomic E-state index is 12.9. The van der Waals surface area contributed by atoms with Crippen LogP contribution in [0.4, 0.5) is 8.78 Å². The smallest absolute Gasteiger partial charge is 0.221 e. The zero-order chi connectivity index (χ0) is 9.84. The summed E-state index contributed by atoms with van der Waals surface area (Å²) >= 11 is 5.08. The Labute approximate surface area is 79.3 Å². The van der Waals surface area contributed by atoms with Gasteiger partial charge in [-0.2, -0.15) is 0 Å². The first kappa shape index (κ1) is 10.1. The highest BCUT2D eigenvalue weighted by Gasteiger charge is 2.05. The molecule has 1 nitrogen and oxygen atoms in total. The molecule has 1 aromatic carbocycles. The van der Waals surface area contributed by atoms with Crippen LogP contribution in [0.2, 0.25) is 0 Å². The average molecular weight is 205 g/mol. The van der Waals surface area contributed by atoms with Crippen LogP contribution in [0.15, 0.2) is 18.2 Å². The van der Waals surface area contributed by atoms with E-state index in [9.17, 15) is 13.6 Å². The lowest BCUT2D eigenvalue weighted by Gasteiger charge is -2.00. The Kier molecular flexibility index (Phi) is 3.37. The third-order valence-corrected chi connectivity index (χ3v) is 1.79. The van der Waals surface area contributed by atoms with E-state index >= 15 is 0 Å². The first-order valence-electron chi connectivity index (χ1n) is 3.72. The zero-order valence-corrected chi connectivity index (χ0v) is 7.44. The number of halogens is 3. The average Bonchev–Trinajstić information content (AvgIpc) is 2.02. The molecule has 0 saturated heterocycles. The minimum Gasteiger partial charge on any atom is -0.281 e. The van der Waals surface area contributed by atoms with E-state index in [2.05, 4.69) is 0 Å². The van der Waals surface area contributed by atoms with E-state index in [0.29, 0.717) is 5.56 Å². The molecule has 0 aromatic heterocycles. The van der Waals surface area contributed by atoms with Crippen LogP contribution in [-0.2, 0) is 11.2 Å². The fourth-order valence-electron chi connectivity index (χ4n) is 0.957. The van der Waals surface area contributed by atoms with Gasteiger partial charge in [-0.1, -0.05) is 6.07 Å². The second kappa shape index (κ2) is 4.33. The lowest BCUT2D eigenvalue weighted by Crippen LogP contribution is -1.95. The van der Waals surface area contributed by atoms with Crippen LogP contribution in [0, 0.1) is 11.6 Å². The van der Waals surface area contributed by atoms with Gasteiger partial charge in [-0.3, -0.25) is 4.79 Å². The van der Waals surface area contributed by atoms with Gasteiger partial charge in [-0.25, -0.2) is 8.78 Å². The minimum atomic E-state index is -0.641. The van der Waals surface area contributed by atoms with Crippen LogP contribution in [0.25, 0.3) is 0 Å². The molecule has 1 rings (SSSR count). The normalized spacial score (nSPS) is 10.1. The van der Waals surface area contributed by atoms with Gasteiger partial charge in [-0.05, 0) is 29.7 Å². The predicted octanol–water partition coefficient (Wildman–Crippen LogP) is 2.66. The number of hydrogen-bond donors (Lipinski definition) is 0. The SMILES string of the molecule is O=C(Cl)CCc1ccc(F)cc1F. The number of aryl methyl sites for hydroxylation is 1. The largest absolute Gasteiger partial charge is 0.281 e. The molecule has 0 atom stereocenters. The van der Waals surface area contributed by atoms with Gasteiger partial charge in [0.15, 0.2) is 0 Å². The van der Waals surface area contributed by atoms with Gasteiger partial charge in [0.05, 0.1) is 0 Å². The Morgan fingerprint density at radius 1 is 1.38 bits per heavy atom. The monoisotopic (exact) mass is 204 g/mol. The highest BCUT2D eigenvalue weighted by Crippen LogP contribution is 2.11. The van der Waals surface area contributed by atoms with Crippen molar-refractivity contribution in [2.24, 2.45) is 0 Å². The second-order valence-corrected chi connectivity index (χ2v) is 3.01. The molecule has 13 heavy (non-hydrogen) atoms. The molecule has 0 fully saturated rings. The molecule has 0 N–H and O–H groups in total. The van der Waals surface area contributed by atoms with Crippen molar-refractivity contribution in [2.75, 3.05) is 0 Å². The summed E-state index contributed by atoms with van der Waals surface area (Å²) < 4.78 is 25.3. The van der Waals surface area contributed by atoms with Gasteiger partial charge in [0.1, 0.15) is 11.6 Å². The summed E-state index contributed by atoms with van der Waals surface area (Å²) in [5.41, 5.74) is 0.301. The maximum Gasteiger partial charge on any atom is 0.221 e. The molecular formula is C9H7ClF2O. The summed E-state index contributed by atoms with van der Waals surface area (Å²) in [7, 11) is 0. The van der Waals surface area contributed by atoms with Gasteiger partial charge in [0.2, 0.25) is 5.24 Å². The Morgan fingerprint density at radius 2 is 2.08 bits per heavy atom. The molecule has 0 unspecified atom stereocenters. The van der Waals surface area contributed by atoms with Gasteiger partial charge in [0, 0.05) is 12.5 Å². The third-order valence-electron chi connectivity index (χ3n) is 1.61. The highest BCUT2D eigenvalue weighted by atomic mass is 35.5. The highest BCUT2D eigenvalue weighted by molar-refractivity contribution is 6.63. The predicted molar refractivity (Wildman–Crippen MR) is 45.5 cm³/mol. The first-order valence-corrected chi connectivity index (χ1v) is 4.09. The number of benzene rings is 1. The molecule has 0 aliphatic heterocycles. The Balaban J connectivity index is 2.72. The van der Waals surface area contributed by atoms with Gasteiger partial charge in [0.25, 0.3) is 0 Å². The van der Waals surface area contributed by atoms with Crippen molar-refractivity contribution >= 4 is 16.8 Å². The van der Waals surface area contributed by atoms with E-state index in [4.69, 9.17) is 11.6 Å². The Hall–Kier alpha value is -0.960. The van der Waals surface area contributed by atoms with E-state index in [1.54, 1.807) is 0 Å². The molecule has 0 amide bonds. The summed E-state index contributed by atoms with van der Waals surface area (Å²) in [6, 6.07) is 3.25. The molecule has 0 spiro atoms. The van der Waals surface area contributed by atoms with Crippen molar-refractivity contribution < 1.29 is 13.6 Å². The van der Waals surface area contributed by atoms with Crippen LogP contribution in [-0.4, -0.2) is 5.24 Å². The zero-order valence-electron chi connectivity index (χ0n) is 6.69. The summed E-state index contributed by atoms with van der Waals surface area (Å²) in [6.45, 7) is 0. The van der Waals surface area contributed by atoms with Crippen LogP contribution in [0.1, 0.15) is 12.0 Å². The van der Waals surface area contributed by atoms with Crippen LogP contribution < -0.4 is 0 Å². The second-order valence-electron chi connectivity index (χ2n) is 2.59. The van der Waals surface area contributed by atoms with Crippen molar-refractivity contribution in [1.29, 1.82) is 0 Å². The topological polar surface area (TPSA) is 17.1 Å². The number of hydrogen-bond acceptors (Lipinski definition) is 1. The number of rotatable bonds is 3. The van der Waals surface area contributed by atoms with Gasteiger partial charge >= 0.3 is 0 Å². The molecule has 0 aliphatic rings. The quantitative estimate of drug-likeness (QED) is 0.692. The fourth-order valence-corrected chi connectivity index (χ4v) is 1.05. The minimum absolute atomic E-state index is 0.0596. The lowest BCUT2D eigenvalue weighted by atomic mass is 10.1. The van der Waals surface area contributed by atoms with Crippen molar-refractivity contribution in [1.82, 2.24) is 0 Å². The van der Waals surface area contributed by atoms with E-state index in [0.717, 1.165) is 12.1 Å². The van der Waals surface area contributed by atoms with Crippen molar-refractivity contribution in [3.63, 3.8) is 0 Å². The van der Waals surface area contributed by atoms with Crippen LogP contribution in [0.5, 0.6) is 0 Å². The van der Waals surface area contributed by atoms with E-state index in [-0.39, 0.29) is 12.8 Å². The molecule has 4 heteroatoms. The fraction of sp³-hybridized carbons (Fsp3) is 0.222. The molecule has 70 valence electrons. The Bertz CT molecular complexity index is 325. The molecule has 0 bridgehead atoms. The first-order chi connectivity index (χ1) is 6.09. The van der Waals surface area contributed by atoms with Gasteiger partial charge in [-0.15, -0.1) is 0 Å². The molecule has 0 heterocycles. The van der Waals surface area contributed by atoms with Crippen molar-refractivity contribution in [3.05, 3.63) is 35.4 Å². The van der Waals surface area contributed by atoms with Crippen LogP contribution in [0.3, 0.4) is 0 Å². The van der Waals surface area contributed by atoms with E-state index in [1.165, 1.54) is 6.07 Å². The standard InChI is InChI=1S/C9H7ClF2O/c10-9(13)4-2-6-1-3-7(11)5-8(6)12/h1,3,5H,2,4H2. The molecule has 0 radical (unpaired) electrons. The maximum atomic E-state index is 12.9. The molecule has 0 aliphatic carbocycles. The Morgan fingerprint density at radius 3 is 2.62 bits per heavy atom. The lowest BCUT2D eigenvalue weighted by molar-refractivity contribution is -0.111. The summed E-state index contributed by atoms with van der Waals surface area (Å²) in [5, 5.41) is -0.524. The third kappa shape index (κ3) is 3.11. The van der Waals surface area contributed by atoms with Crippen molar-refractivity contribution in [3.8, 4) is 0 Å². The molecular weight excluding hydrogens is 198 g/mol. The van der Waals surface area contributed by atoms with E-state index < -0.39 is 16.9 Å². The summed E-state index contributed by atoms with van der Waals surface area (Å²) in [4.78, 5) is 10.4. The van der Waals surface area contributed by atoms with Crippen molar-refractivity contribution in [2.45, 2.75) is 12.8 Å². The van der Waals surface area contributed by atoms with E-state index in [1.807, 2.05) is 0 Å².